The van der Waals surface area contributed by atoms with Crippen LogP contribution in [0.15, 0.2) is 30.5 Å². The van der Waals surface area contributed by atoms with Gasteiger partial charge in [-0.3, -0.25) is 0 Å². The van der Waals surface area contributed by atoms with E-state index in [0.29, 0.717) is 39.5 Å². The van der Waals surface area contributed by atoms with E-state index in [1.165, 1.54) is 0 Å². The Labute approximate surface area is 133 Å². The number of nitrogen functional groups attached to an aromatic ring is 1. The summed E-state index contributed by atoms with van der Waals surface area (Å²) in [6, 6.07) is 6.97. The van der Waals surface area contributed by atoms with Crippen molar-refractivity contribution in [3.8, 4) is 11.5 Å². The maximum absolute atomic E-state index is 6.36. The number of anilines is 1. The molecule has 2 N–H and O–H groups in total. The molecule has 2 rings (SSSR count). The molecule has 0 saturated carbocycles. The smallest absolute Gasteiger partial charge is 0.166 e. The number of aromatic nitrogens is 1. The highest BCUT2D eigenvalue weighted by Crippen LogP contribution is 2.39. The molecule has 0 fully saturated rings. The van der Waals surface area contributed by atoms with Crippen LogP contribution in [0.5, 0.6) is 11.5 Å². The summed E-state index contributed by atoms with van der Waals surface area (Å²) in [7, 11) is 0. The van der Waals surface area contributed by atoms with Gasteiger partial charge in [-0.05, 0) is 38.1 Å². The van der Waals surface area contributed by atoms with Gasteiger partial charge in [0.2, 0.25) is 0 Å². The molecule has 2 aromatic rings. The van der Waals surface area contributed by atoms with Crippen LogP contribution in [0.25, 0.3) is 0 Å². The van der Waals surface area contributed by atoms with Gasteiger partial charge in [-0.1, -0.05) is 23.2 Å². The maximum atomic E-state index is 6.36. The second-order valence-corrected chi connectivity index (χ2v) is 5.14. The SMILES string of the molecule is CCOc1ccc(Cl)c(C(C)Oc2cccnc2N)c1Cl. The van der Waals surface area contributed by atoms with E-state index in [4.69, 9.17) is 38.4 Å². The van der Waals surface area contributed by atoms with Crippen LogP contribution in [-0.2, 0) is 0 Å². The van der Waals surface area contributed by atoms with E-state index in [-0.39, 0.29) is 0 Å². The monoisotopic (exact) mass is 326 g/mol. The Hall–Kier alpha value is -1.65. The molecule has 0 aliphatic carbocycles. The molecule has 1 unspecified atom stereocenters. The Kier molecular flexibility index (Phi) is 5.15. The van der Waals surface area contributed by atoms with Gasteiger partial charge in [-0.25, -0.2) is 4.98 Å². The topological polar surface area (TPSA) is 57.4 Å². The zero-order valence-electron chi connectivity index (χ0n) is 11.8. The van der Waals surface area contributed by atoms with E-state index >= 15 is 0 Å². The van der Waals surface area contributed by atoms with E-state index in [9.17, 15) is 0 Å². The third-order valence-electron chi connectivity index (χ3n) is 2.90. The van der Waals surface area contributed by atoms with Gasteiger partial charge in [-0.15, -0.1) is 0 Å². The highest BCUT2D eigenvalue weighted by molar-refractivity contribution is 6.37. The lowest BCUT2D eigenvalue weighted by atomic mass is 10.1. The summed E-state index contributed by atoms with van der Waals surface area (Å²) in [6.45, 7) is 4.25. The van der Waals surface area contributed by atoms with Crippen molar-refractivity contribution in [2.24, 2.45) is 0 Å². The lowest BCUT2D eigenvalue weighted by Gasteiger charge is -2.19. The normalized spacial score (nSPS) is 12.0. The standard InChI is InChI=1S/C15H16Cl2N2O2/c1-3-20-11-7-6-10(16)13(14(11)17)9(2)21-12-5-4-8-19-15(12)18/h4-9H,3H2,1-2H3,(H2,18,19). The molecule has 0 bridgehead atoms. The van der Waals surface area contributed by atoms with Crippen molar-refractivity contribution in [1.29, 1.82) is 0 Å². The molecule has 1 heterocycles. The van der Waals surface area contributed by atoms with Gasteiger partial charge in [0.15, 0.2) is 11.6 Å². The Morgan fingerprint density at radius 2 is 2.00 bits per heavy atom. The van der Waals surface area contributed by atoms with Gasteiger partial charge in [0.25, 0.3) is 0 Å². The first-order valence-corrected chi connectivity index (χ1v) is 7.28. The van der Waals surface area contributed by atoms with Gasteiger partial charge in [-0.2, -0.15) is 0 Å². The molecule has 0 spiro atoms. The van der Waals surface area contributed by atoms with Crippen LogP contribution < -0.4 is 15.2 Å². The average Bonchev–Trinajstić information content (AvgIpc) is 2.45. The summed E-state index contributed by atoms with van der Waals surface area (Å²) in [5.41, 5.74) is 6.43. The minimum absolute atomic E-state index is 0.317. The minimum atomic E-state index is -0.392. The summed E-state index contributed by atoms with van der Waals surface area (Å²) in [5.74, 6) is 1.38. The zero-order chi connectivity index (χ0) is 15.4. The third kappa shape index (κ3) is 3.52. The molecule has 0 amide bonds. The Balaban J connectivity index is 2.32. The van der Waals surface area contributed by atoms with Crippen molar-refractivity contribution in [3.05, 3.63) is 46.1 Å². The zero-order valence-corrected chi connectivity index (χ0v) is 13.3. The molecular weight excluding hydrogens is 311 g/mol. The molecule has 112 valence electrons. The predicted octanol–water partition coefficient (Wildman–Crippen LogP) is 4.51. The number of nitrogens with zero attached hydrogens (tertiary/aromatic N) is 1. The summed E-state index contributed by atoms with van der Waals surface area (Å²) in [6.07, 6.45) is 1.21. The maximum Gasteiger partial charge on any atom is 0.166 e. The lowest BCUT2D eigenvalue weighted by Crippen LogP contribution is -2.08. The summed E-state index contributed by atoms with van der Waals surface area (Å²) in [5, 5.41) is 0.956. The van der Waals surface area contributed by atoms with Crippen LogP contribution in [0.2, 0.25) is 10.0 Å². The second-order valence-electron chi connectivity index (χ2n) is 4.35. The van der Waals surface area contributed by atoms with Gasteiger partial charge in [0.1, 0.15) is 11.9 Å². The van der Waals surface area contributed by atoms with Crippen LogP contribution in [0.4, 0.5) is 5.82 Å². The molecule has 1 atom stereocenters. The van der Waals surface area contributed by atoms with E-state index in [0.717, 1.165) is 0 Å². The first kappa shape index (κ1) is 15.7. The first-order chi connectivity index (χ1) is 10.0. The number of rotatable bonds is 5. The number of ether oxygens (including phenoxy) is 2. The van der Waals surface area contributed by atoms with Crippen LogP contribution >= 0.6 is 23.2 Å². The van der Waals surface area contributed by atoms with Crippen molar-refractivity contribution < 1.29 is 9.47 Å². The van der Waals surface area contributed by atoms with E-state index < -0.39 is 6.10 Å². The lowest BCUT2D eigenvalue weighted by molar-refractivity contribution is 0.227. The fourth-order valence-corrected chi connectivity index (χ4v) is 2.67. The van der Waals surface area contributed by atoms with Crippen molar-refractivity contribution in [2.75, 3.05) is 12.3 Å². The Morgan fingerprint density at radius 1 is 1.24 bits per heavy atom. The van der Waals surface area contributed by atoms with Gasteiger partial charge < -0.3 is 15.2 Å². The van der Waals surface area contributed by atoms with Crippen molar-refractivity contribution in [2.45, 2.75) is 20.0 Å². The highest BCUT2D eigenvalue weighted by atomic mass is 35.5. The van der Waals surface area contributed by atoms with Gasteiger partial charge in [0, 0.05) is 16.8 Å². The second kappa shape index (κ2) is 6.87. The van der Waals surface area contributed by atoms with E-state index in [2.05, 4.69) is 4.98 Å². The molecule has 1 aromatic heterocycles. The molecule has 0 saturated heterocycles. The van der Waals surface area contributed by atoms with E-state index in [1.807, 2.05) is 13.8 Å². The van der Waals surface area contributed by atoms with Crippen LogP contribution in [0, 0.1) is 0 Å². The number of halogens is 2. The van der Waals surface area contributed by atoms with Crippen molar-refractivity contribution in [1.82, 2.24) is 4.98 Å². The van der Waals surface area contributed by atoms with E-state index in [1.54, 1.807) is 30.5 Å². The van der Waals surface area contributed by atoms with Gasteiger partial charge in [0.05, 0.1) is 11.6 Å². The minimum Gasteiger partial charge on any atom is -0.492 e. The number of pyridine rings is 1. The average molecular weight is 327 g/mol. The number of hydrogen-bond donors (Lipinski definition) is 1. The summed E-state index contributed by atoms with van der Waals surface area (Å²) < 4.78 is 11.3. The van der Waals surface area contributed by atoms with Crippen LogP contribution in [0.3, 0.4) is 0 Å². The number of nitrogens with two attached hydrogens (primary N) is 1. The summed E-state index contributed by atoms with van der Waals surface area (Å²) in [4.78, 5) is 3.98. The predicted molar refractivity (Wildman–Crippen MR) is 85.3 cm³/mol. The molecule has 0 aliphatic rings. The Morgan fingerprint density at radius 3 is 2.67 bits per heavy atom. The van der Waals surface area contributed by atoms with Crippen LogP contribution in [-0.4, -0.2) is 11.6 Å². The van der Waals surface area contributed by atoms with Crippen molar-refractivity contribution in [3.63, 3.8) is 0 Å². The summed E-state index contributed by atoms with van der Waals surface area (Å²) >= 11 is 12.6. The molecule has 21 heavy (non-hydrogen) atoms. The molecule has 0 aliphatic heterocycles. The number of hydrogen-bond acceptors (Lipinski definition) is 4. The molecule has 1 aromatic carbocycles. The highest BCUT2D eigenvalue weighted by Gasteiger charge is 2.19. The third-order valence-corrected chi connectivity index (χ3v) is 3.62. The molecule has 4 nitrogen and oxygen atoms in total. The fourth-order valence-electron chi connectivity index (χ4n) is 1.94. The van der Waals surface area contributed by atoms with Crippen molar-refractivity contribution >= 4 is 29.0 Å². The fraction of sp³-hybridized carbons (Fsp3) is 0.267. The molecule has 6 heteroatoms. The van der Waals surface area contributed by atoms with Gasteiger partial charge >= 0.3 is 0 Å². The number of benzene rings is 1. The van der Waals surface area contributed by atoms with Crippen LogP contribution in [0.1, 0.15) is 25.5 Å². The largest absolute Gasteiger partial charge is 0.492 e. The molecule has 0 radical (unpaired) electrons. The Bertz CT molecular complexity index is 635. The quantitative estimate of drug-likeness (QED) is 0.878. The molecular formula is C15H16Cl2N2O2. The first-order valence-electron chi connectivity index (χ1n) is 6.52.